The van der Waals surface area contributed by atoms with Crippen molar-refractivity contribution >= 4 is 5.91 Å². The van der Waals surface area contributed by atoms with Gasteiger partial charge in [0.2, 0.25) is 0 Å². The zero-order valence-electron chi connectivity index (χ0n) is 11.0. The summed E-state index contributed by atoms with van der Waals surface area (Å²) in [6, 6.07) is 8.81. The van der Waals surface area contributed by atoms with Crippen LogP contribution in [0.25, 0.3) is 11.4 Å². The average Bonchev–Trinajstić information content (AvgIpc) is 3.03. The van der Waals surface area contributed by atoms with Gasteiger partial charge in [0, 0.05) is 24.2 Å². The molecule has 0 atom stereocenters. The third kappa shape index (κ3) is 3.08. The Hall–Kier alpha value is -3.09. The molecule has 0 aliphatic heterocycles. The first-order valence-electron chi connectivity index (χ1n) is 6.34. The lowest BCUT2D eigenvalue weighted by molar-refractivity contribution is 0.0945. The van der Waals surface area contributed by atoms with Gasteiger partial charge in [0.05, 0.1) is 6.54 Å². The highest BCUT2D eigenvalue weighted by Gasteiger charge is 2.09. The standard InChI is InChI=1S/C14H12N6O/c21-14(11-3-1-2-6-16-11)17-9-12-18-13(20-19-12)10-4-7-15-8-5-10/h1-8H,9H2,(H,17,21)(H,18,19,20). The third-order valence-electron chi connectivity index (χ3n) is 2.78. The summed E-state index contributed by atoms with van der Waals surface area (Å²) in [6.07, 6.45) is 4.92. The van der Waals surface area contributed by atoms with Crippen molar-refractivity contribution < 1.29 is 4.79 Å². The van der Waals surface area contributed by atoms with Gasteiger partial charge in [0.1, 0.15) is 11.5 Å². The van der Waals surface area contributed by atoms with Gasteiger partial charge < -0.3 is 5.32 Å². The van der Waals surface area contributed by atoms with Crippen molar-refractivity contribution in [2.24, 2.45) is 0 Å². The molecular formula is C14H12N6O. The summed E-state index contributed by atoms with van der Waals surface area (Å²) < 4.78 is 0. The summed E-state index contributed by atoms with van der Waals surface area (Å²) in [6.45, 7) is 0.257. The number of carbonyl (C=O) groups is 1. The van der Waals surface area contributed by atoms with E-state index in [4.69, 9.17) is 0 Å². The maximum Gasteiger partial charge on any atom is 0.270 e. The predicted molar refractivity (Wildman–Crippen MR) is 75.0 cm³/mol. The van der Waals surface area contributed by atoms with Crippen LogP contribution in [0.5, 0.6) is 0 Å². The number of H-pyrrole nitrogens is 1. The zero-order valence-corrected chi connectivity index (χ0v) is 11.0. The smallest absolute Gasteiger partial charge is 0.270 e. The lowest BCUT2D eigenvalue weighted by Crippen LogP contribution is -2.24. The molecule has 3 aromatic rings. The highest BCUT2D eigenvalue weighted by molar-refractivity contribution is 5.92. The molecule has 0 radical (unpaired) electrons. The molecule has 0 aliphatic carbocycles. The number of pyridine rings is 2. The first-order chi connectivity index (χ1) is 10.3. The number of hydrogen-bond acceptors (Lipinski definition) is 5. The molecule has 0 unspecified atom stereocenters. The number of carbonyl (C=O) groups excluding carboxylic acids is 1. The molecule has 2 N–H and O–H groups in total. The van der Waals surface area contributed by atoms with Crippen molar-refractivity contribution in [1.29, 1.82) is 0 Å². The van der Waals surface area contributed by atoms with Crippen LogP contribution in [0, 0.1) is 0 Å². The molecule has 1 amide bonds. The fraction of sp³-hybridized carbons (Fsp3) is 0.0714. The maximum atomic E-state index is 11.9. The Kier molecular flexibility index (Phi) is 3.64. The van der Waals surface area contributed by atoms with E-state index in [1.807, 2.05) is 12.1 Å². The van der Waals surface area contributed by atoms with Crippen LogP contribution in [0.4, 0.5) is 0 Å². The molecule has 0 saturated heterocycles. The number of rotatable bonds is 4. The maximum absolute atomic E-state index is 11.9. The van der Waals surface area contributed by atoms with E-state index < -0.39 is 0 Å². The lowest BCUT2D eigenvalue weighted by atomic mass is 10.2. The fourth-order valence-electron chi connectivity index (χ4n) is 1.76. The number of amides is 1. The van der Waals surface area contributed by atoms with Gasteiger partial charge in [-0.2, -0.15) is 5.10 Å². The summed E-state index contributed by atoms with van der Waals surface area (Å²) >= 11 is 0. The van der Waals surface area contributed by atoms with E-state index in [9.17, 15) is 4.79 Å². The molecule has 0 saturated carbocycles. The summed E-state index contributed by atoms with van der Waals surface area (Å²) in [7, 11) is 0. The number of nitrogens with one attached hydrogen (secondary N) is 2. The van der Waals surface area contributed by atoms with E-state index in [0.717, 1.165) is 5.56 Å². The normalized spacial score (nSPS) is 10.3. The summed E-state index contributed by atoms with van der Waals surface area (Å²) in [5.74, 6) is 0.892. The molecule has 21 heavy (non-hydrogen) atoms. The van der Waals surface area contributed by atoms with Crippen molar-refractivity contribution in [2.45, 2.75) is 6.54 Å². The van der Waals surface area contributed by atoms with E-state index in [2.05, 4.69) is 30.5 Å². The van der Waals surface area contributed by atoms with Crippen LogP contribution in [-0.4, -0.2) is 31.1 Å². The fourth-order valence-corrected chi connectivity index (χ4v) is 1.76. The van der Waals surface area contributed by atoms with Crippen molar-refractivity contribution in [3.63, 3.8) is 0 Å². The SMILES string of the molecule is O=C(NCc1nc(-c2ccncc2)n[nH]1)c1ccccn1. The van der Waals surface area contributed by atoms with E-state index in [1.54, 1.807) is 36.8 Å². The number of aromatic nitrogens is 5. The topological polar surface area (TPSA) is 96.5 Å². The second-order valence-electron chi connectivity index (χ2n) is 4.24. The van der Waals surface area contributed by atoms with Crippen LogP contribution in [0.1, 0.15) is 16.3 Å². The number of nitrogens with zero attached hydrogens (tertiary/aromatic N) is 4. The van der Waals surface area contributed by atoms with Crippen LogP contribution < -0.4 is 5.32 Å². The van der Waals surface area contributed by atoms with Crippen LogP contribution in [0.15, 0.2) is 48.9 Å². The van der Waals surface area contributed by atoms with Gasteiger partial charge in [0.15, 0.2) is 5.82 Å². The minimum absolute atomic E-state index is 0.252. The summed E-state index contributed by atoms with van der Waals surface area (Å²) in [5.41, 5.74) is 1.23. The molecule has 7 nitrogen and oxygen atoms in total. The Morgan fingerprint density at radius 1 is 1.14 bits per heavy atom. The molecule has 7 heteroatoms. The van der Waals surface area contributed by atoms with E-state index >= 15 is 0 Å². The van der Waals surface area contributed by atoms with E-state index in [0.29, 0.717) is 17.3 Å². The first-order valence-corrected chi connectivity index (χ1v) is 6.34. The second kappa shape index (κ2) is 5.91. The quantitative estimate of drug-likeness (QED) is 0.748. The van der Waals surface area contributed by atoms with Crippen LogP contribution in [0.3, 0.4) is 0 Å². The molecule has 0 aliphatic rings. The highest BCUT2D eigenvalue weighted by atomic mass is 16.1. The van der Waals surface area contributed by atoms with Crippen LogP contribution in [0.2, 0.25) is 0 Å². The molecule has 3 rings (SSSR count). The molecule has 0 aromatic carbocycles. The van der Waals surface area contributed by atoms with Gasteiger partial charge in [-0.15, -0.1) is 0 Å². The number of hydrogen-bond donors (Lipinski definition) is 2. The predicted octanol–water partition coefficient (Wildman–Crippen LogP) is 1.19. The van der Waals surface area contributed by atoms with Crippen LogP contribution in [-0.2, 0) is 6.54 Å². The van der Waals surface area contributed by atoms with Gasteiger partial charge >= 0.3 is 0 Å². The van der Waals surface area contributed by atoms with Crippen molar-refractivity contribution in [3.8, 4) is 11.4 Å². The largest absolute Gasteiger partial charge is 0.343 e. The molecule has 104 valence electrons. The minimum Gasteiger partial charge on any atom is -0.343 e. The lowest BCUT2D eigenvalue weighted by Gasteiger charge is -2.01. The van der Waals surface area contributed by atoms with Gasteiger partial charge in [-0.3, -0.25) is 19.9 Å². The van der Waals surface area contributed by atoms with Gasteiger partial charge in [-0.25, -0.2) is 4.98 Å². The van der Waals surface area contributed by atoms with Crippen molar-refractivity contribution in [3.05, 3.63) is 60.4 Å². The molecule has 3 aromatic heterocycles. The molecular weight excluding hydrogens is 268 g/mol. The minimum atomic E-state index is -0.252. The molecule has 0 spiro atoms. The highest BCUT2D eigenvalue weighted by Crippen LogP contribution is 2.12. The van der Waals surface area contributed by atoms with E-state index in [1.165, 1.54) is 0 Å². The summed E-state index contributed by atoms with van der Waals surface area (Å²) in [4.78, 5) is 24.1. The molecule has 0 fully saturated rings. The zero-order chi connectivity index (χ0) is 14.5. The Morgan fingerprint density at radius 3 is 2.76 bits per heavy atom. The Balaban J connectivity index is 1.64. The number of aromatic amines is 1. The van der Waals surface area contributed by atoms with Crippen molar-refractivity contribution in [1.82, 2.24) is 30.5 Å². The summed E-state index contributed by atoms with van der Waals surface area (Å²) in [5, 5.41) is 9.63. The van der Waals surface area contributed by atoms with Crippen molar-refractivity contribution in [2.75, 3.05) is 0 Å². The van der Waals surface area contributed by atoms with Gasteiger partial charge in [-0.05, 0) is 24.3 Å². The monoisotopic (exact) mass is 280 g/mol. The Bertz CT molecular complexity index is 725. The average molecular weight is 280 g/mol. The Morgan fingerprint density at radius 2 is 2.00 bits per heavy atom. The first kappa shape index (κ1) is 12.9. The molecule has 0 bridgehead atoms. The van der Waals surface area contributed by atoms with Crippen LogP contribution >= 0.6 is 0 Å². The second-order valence-corrected chi connectivity index (χ2v) is 4.24. The molecule has 3 heterocycles. The Labute approximate surface area is 120 Å². The van der Waals surface area contributed by atoms with Gasteiger partial charge in [0.25, 0.3) is 5.91 Å². The third-order valence-corrected chi connectivity index (χ3v) is 2.78. The van der Waals surface area contributed by atoms with Gasteiger partial charge in [-0.1, -0.05) is 6.07 Å². The van der Waals surface area contributed by atoms with E-state index in [-0.39, 0.29) is 12.5 Å².